The van der Waals surface area contributed by atoms with E-state index in [4.69, 9.17) is 22.1 Å². The smallest absolute Gasteiger partial charge is 0.204 e. The average Bonchev–Trinajstić information content (AvgIpc) is 3.21. The van der Waals surface area contributed by atoms with Crippen molar-refractivity contribution in [2.45, 2.75) is 13.6 Å². The van der Waals surface area contributed by atoms with Crippen LogP contribution in [-0.2, 0) is 6.67 Å². The summed E-state index contributed by atoms with van der Waals surface area (Å²) < 4.78 is 10.3. The molecule has 0 unspecified atom stereocenters. The minimum Gasteiger partial charge on any atom is -0.496 e. The Kier molecular flexibility index (Phi) is 6.47. The predicted molar refractivity (Wildman–Crippen MR) is 139 cm³/mol. The van der Waals surface area contributed by atoms with Crippen LogP contribution in [0.2, 0.25) is 0 Å². The Morgan fingerprint density at radius 1 is 0.824 bits per heavy atom. The van der Waals surface area contributed by atoms with Crippen LogP contribution in [0.25, 0.3) is 17.1 Å². The van der Waals surface area contributed by atoms with Crippen LogP contribution in [0.4, 0.5) is 5.69 Å². The molecular formula is C27H29N5OS. The lowest BCUT2D eigenvalue weighted by atomic mass is 10.1. The monoisotopic (exact) mass is 471 g/mol. The zero-order valence-electron chi connectivity index (χ0n) is 19.6. The van der Waals surface area contributed by atoms with Crippen molar-refractivity contribution in [2.24, 2.45) is 0 Å². The number of aromatic nitrogens is 3. The molecule has 4 aromatic rings. The number of hydrogen-bond acceptors (Lipinski definition) is 5. The van der Waals surface area contributed by atoms with Crippen molar-refractivity contribution in [3.8, 4) is 22.8 Å². The lowest BCUT2D eigenvalue weighted by molar-refractivity contribution is 0.194. The van der Waals surface area contributed by atoms with Gasteiger partial charge in [0.2, 0.25) is 4.77 Å². The van der Waals surface area contributed by atoms with Crippen molar-refractivity contribution in [3.63, 3.8) is 0 Å². The van der Waals surface area contributed by atoms with Crippen molar-refractivity contribution >= 4 is 17.9 Å². The minimum atomic E-state index is 0.655. The maximum atomic E-state index is 5.96. The first-order chi connectivity index (χ1) is 16.6. The topological polar surface area (TPSA) is 38.5 Å². The number of piperazine rings is 1. The van der Waals surface area contributed by atoms with Gasteiger partial charge in [-0.15, -0.1) is 5.10 Å². The maximum absolute atomic E-state index is 5.96. The second-order valence-electron chi connectivity index (χ2n) is 8.56. The first-order valence-electron chi connectivity index (χ1n) is 11.6. The maximum Gasteiger partial charge on any atom is 0.204 e. The third-order valence-corrected chi connectivity index (χ3v) is 6.70. The minimum absolute atomic E-state index is 0.655. The van der Waals surface area contributed by atoms with Gasteiger partial charge in [-0.2, -0.15) is 0 Å². The highest BCUT2D eigenvalue weighted by Gasteiger charge is 2.21. The Balaban J connectivity index is 1.45. The Bertz CT molecular complexity index is 1310. The van der Waals surface area contributed by atoms with Gasteiger partial charge in [-0.05, 0) is 55.5 Å². The summed E-state index contributed by atoms with van der Waals surface area (Å²) in [6.45, 7) is 6.62. The van der Waals surface area contributed by atoms with Crippen LogP contribution in [0.5, 0.6) is 5.75 Å². The number of ether oxygens (including phenoxy) is 1. The van der Waals surface area contributed by atoms with Crippen LogP contribution in [0.1, 0.15) is 5.56 Å². The van der Waals surface area contributed by atoms with Crippen molar-refractivity contribution in [3.05, 3.63) is 89.2 Å². The van der Waals surface area contributed by atoms with E-state index >= 15 is 0 Å². The van der Waals surface area contributed by atoms with E-state index in [1.54, 1.807) is 7.11 Å². The molecule has 1 aromatic heterocycles. The molecule has 1 saturated heterocycles. The average molecular weight is 472 g/mol. The molecule has 7 heteroatoms. The highest BCUT2D eigenvalue weighted by Crippen LogP contribution is 2.31. The third-order valence-electron chi connectivity index (χ3n) is 6.31. The highest BCUT2D eigenvalue weighted by atomic mass is 32.1. The molecule has 0 amide bonds. The van der Waals surface area contributed by atoms with Crippen LogP contribution in [0, 0.1) is 11.7 Å². The van der Waals surface area contributed by atoms with E-state index in [9.17, 15) is 0 Å². The van der Waals surface area contributed by atoms with Crippen LogP contribution in [0.15, 0.2) is 78.9 Å². The van der Waals surface area contributed by atoms with Gasteiger partial charge in [-0.1, -0.05) is 48.0 Å². The number of benzene rings is 3. The summed E-state index contributed by atoms with van der Waals surface area (Å²) in [6, 6.07) is 26.9. The van der Waals surface area contributed by atoms with Gasteiger partial charge in [0.1, 0.15) is 5.75 Å². The van der Waals surface area contributed by atoms with Gasteiger partial charge < -0.3 is 9.64 Å². The largest absolute Gasteiger partial charge is 0.496 e. The van der Waals surface area contributed by atoms with Gasteiger partial charge in [0.15, 0.2) is 5.82 Å². The second kappa shape index (κ2) is 9.83. The summed E-state index contributed by atoms with van der Waals surface area (Å²) in [4.78, 5) is 4.84. The number of anilines is 1. The number of methoxy groups -OCH3 is 1. The molecule has 1 fully saturated rings. The predicted octanol–water partition coefficient (Wildman–Crippen LogP) is 5.17. The van der Waals surface area contributed by atoms with Gasteiger partial charge in [0, 0.05) is 37.6 Å². The highest BCUT2D eigenvalue weighted by molar-refractivity contribution is 7.71. The Morgan fingerprint density at radius 2 is 1.50 bits per heavy atom. The van der Waals surface area contributed by atoms with Crippen molar-refractivity contribution < 1.29 is 4.74 Å². The van der Waals surface area contributed by atoms with Crippen molar-refractivity contribution in [1.29, 1.82) is 0 Å². The molecule has 174 valence electrons. The lowest BCUT2D eigenvalue weighted by Gasteiger charge is -2.35. The summed E-state index contributed by atoms with van der Waals surface area (Å²) in [7, 11) is 1.69. The van der Waals surface area contributed by atoms with E-state index in [-0.39, 0.29) is 0 Å². The molecule has 3 aromatic carbocycles. The molecule has 0 aliphatic carbocycles. The molecule has 0 radical (unpaired) electrons. The summed E-state index contributed by atoms with van der Waals surface area (Å²) in [5, 5.41) is 5.00. The van der Waals surface area contributed by atoms with Gasteiger partial charge >= 0.3 is 0 Å². The first-order valence-corrected chi connectivity index (χ1v) is 12.0. The van der Waals surface area contributed by atoms with Crippen LogP contribution < -0.4 is 9.64 Å². The summed E-state index contributed by atoms with van der Waals surface area (Å²) >= 11 is 5.96. The quantitative estimate of drug-likeness (QED) is 0.363. The molecule has 6 nitrogen and oxygen atoms in total. The second-order valence-corrected chi connectivity index (χ2v) is 8.92. The zero-order chi connectivity index (χ0) is 23.5. The molecule has 0 bridgehead atoms. The third kappa shape index (κ3) is 4.49. The molecule has 0 N–H and O–H groups in total. The SMILES string of the molecule is COc1ccccc1-c1nn(CN2CCN(c3ccccc3)CC2)c(=S)n1-c1ccc(C)cc1. The number of para-hydroxylation sites is 2. The molecule has 1 aliphatic heterocycles. The van der Waals surface area contributed by atoms with Crippen molar-refractivity contribution in [1.82, 2.24) is 19.2 Å². The Hall–Kier alpha value is -3.42. The molecule has 5 rings (SSSR count). The number of aryl methyl sites for hydroxylation is 1. The number of hydrogen-bond donors (Lipinski definition) is 0. The van der Waals surface area contributed by atoms with Gasteiger partial charge in [-0.3, -0.25) is 9.47 Å². The first kappa shape index (κ1) is 22.4. The molecular weight excluding hydrogens is 442 g/mol. The van der Waals surface area contributed by atoms with Gasteiger partial charge in [-0.25, -0.2) is 4.68 Å². The van der Waals surface area contributed by atoms with E-state index in [0.717, 1.165) is 49.0 Å². The summed E-state index contributed by atoms with van der Waals surface area (Å²) in [5.41, 5.74) is 4.40. The molecule has 2 heterocycles. The molecule has 0 spiro atoms. The van der Waals surface area contributed by atoms with Crippen LogP contribution in [-0.4, -0.2) is 52.5 Å². The van der Waals surface area contributed by atoms with E-state index in [1.807, 2.05) is 33.5 Å². The normalized spacial score (nSPS) is 14.4. The fraction of sp³-hybridized carbons (Fsp3) is 0.259. The Labute approximate surface area is 205 Å². The molecule has 1 aliphatic rings. The number of rotatable bonds is 6. The molecule has 0 saturated carbocycles. The van der Waals surface area contributed by atoms with E-state index in [0.29, 0.717) is 11.4 Å². The van der Waals surface area contributed by atoms with Crippen molar-refractivity contribution in [2.75, 3.05) is 38.2 Å². The fourth-order valence-electron chi connectivity index (χ4n) is 4.41. The van der Waals surface area contributed by atoms with E-state index in [1.165, 1.54) is 11.3 Å². The van der Waals surface area contributed by atoms with Gasteiger partial charge in [0.05, 0.1) is 19.3 Å². The van der Waals surface area contributed by atoms with Crippen LogP contribution >= 0.6 is 12.2 Å². The lowest BCUT2D eigenvalue weighted by Crippen LogP contribution is -2.47. The van der Waals surface area contributed by atoms with Gasteiger partial charge in [0.25, 0.3) is 0 Å². The van der Waals surface area contributed by atoms with E-state index in [2.05, 4.69) is 71.3 Å². The zero-order valence-corrected chi connectivity index (χ0v) is 20.4. The number of nitrogens with zero attached hydrogens (tertiary/aromatic N) is 5. The molecule has 34 heavy (non-hydrogen) atoms. The standard InChI is InChI=1S/C27H29N5OS/c1-21-12-14-23(15-13-21)32-26(24-10-6-7-11-25(24)33-2)28-31(27(32)34)20-29-16-18-30(19-17-29)22-8-4-3-5-9-22/h3-15H,16-20H2,1-2H3. The van der Waals surface area contributed by atoms with E-state index < -0.39 is 0 Å². The summed E-state index contributed by atoms with van der Waals surface area (Å²) in [6.07, 6.45) is 0. The molecule has 0 atom stereocenters. The van der Waals surface area contributed by atoms with Crippen LogP contribution in [0.3, 0.4) is 0 Å². The fourth-order valence-corrected chi connectivity index (χ4v) is 4.70. The summed E-state index contributed by atoms with van der Waals surface area (Å²) in [5.74, 6) is 1.56. The Morgan fingerprint density at radius 3 is 2.21 bits per heavy atom.